The molecule has 0 saturated heterocycles. The van der Waals surface area contributed by atoms with Crippen LogP contribution in [0.3, 0.4) is 0 Å². The zero-order chi connectivity index (χ0) is 14.6. The van der Waals surface area contributed by atoms with Crippen molar-refractivity contribution >= 4 is 11.6 Å². The van der Waals surface area contributed by atoms with E-state index in [1.165, 1.54) is 11.0 Å². The highest BCUT2D eigenvalue weighted by Gasteiger charge is 2.21. The Labute approximate surface area is 110 Å². The first-order chi connectivity index (χ1) is 8.88. The minimum atomic E-state index is -1.02. The van der Waals surface area contributed by atoms with Gasteiger partial charge in [-0.2, -0.15) is 4.39 Å². The number of nitro benzene ring substituents is 1. The molecule has 0 radical (unpaired) electrons. The molecule has 19 heavy (non-hydrogen) atoms. The Hall–Kier alpha value is -2.24. The fraction of sp³-hybridized carbons (Fsp3) is 0.308. The molecule has 0 saturated carbocycles. The van der Waals surface area contributed by atoms with E-state index in [2.05, 4.69) is 6.58 Å². The van der Waals surface area contributed by atoms with Crippen molar-refractivity contribution in [1.29, 1.82) is 0 Å². The Bertz CT molecular complexity index is 515. The molecule has 1 rings (SSSR count). The molecule has 0 aliphatic heterocycles. The maximum atomic E-state index is 13.5. The molecule has 0 aliphatic rings. The van der Waals surface area contributed by atoms with Crippen LogP contribution in [0.25, 0.3) is 0 Å². The van der Waals surface area contributed by atoms with E-state index >= 15 is 0 Å². The molecule has 0 bridgehead atoms. The number of nitrogens with zero attached hydrogens (tertiary/aromatic N) is 2. The number of carbonyl (C=O) groups is 1. The van der Waals surface area contributed by atoms with Crippen LogP contribution in [0.15, 0.2) is 30.9 Å². The molecule has 0 heterocycles. The maximum Gasteiger partial charge on any atom is 0.304 e. The van der Waals surface area contributed by atoms with Gasteiger partial charge in [0.1, 0.15) is 0 Å². The van der Waals surface area contributed by atoms with Gasteiger partial charge in [-0.3, -0.25) is 14.9 Å². The van der Waals surface area contributed by atoms with E-state index in [9.17, 15) is 19.3 Å². The van der Waals surface area contributed by atoms with Crippen molar-refractivity contribution in [3.63, 3.8) is 0 Å². The fourth-order valence-electron chi connectivity index (χ4n) is 1.62. The lowest BCUT2D eigenvalue weighted by molar-refractivity contribution is -0.387. The van der Waals surface area contributed by atoms with Gasteiger partial charge in [-0.15, -0.1) is 6.58 Å². The van der Waals surface area contributed by atoms with E-state index in [0.29, 0.717) is 6.54 Å². The van der Waals surface area contributed by atoms with E-state index < -0.39 is 16.4 Å². The summed E-state index contributed by atoms with van der Waals surface area (Å²) in [6.07, 6.45) is 1.57. The molecule has 0 unspecified atom stereocenters. The second-order valence-electron chi connectivity index (χ2n) is 4.26. The Morgan fingerprint density at radius 3 is 2.63 bits per heavy atom. The molecule has 0 spiro atoms. The van der Waals surface area contributed by atoms with Gasteiger partial charge >= 0.3 is 5.69 Å². The number of carbonyl (C=O) groups excluding carboxylic acids is 1. The third-order valence-electron chi connectivity index (χ3n) is 2.60. The molecule has 1 aromatic rings. The van der Waals surface area contributed by atoms with Gasteiger partial charge in [-0.25, -0.2) is 0 Å². The third-order valence-corrected chi connectivity index (χ3v) is 2.60. The highest BCUT2D eigenvalue weighted by molar-refractivity contribution is 5.94. The van der Waals surface area contributed by atoms with Gasteiger partial charge in [-0.1, -0.05) is 6.08 Å². The monoisotopic (exact) mass is 266 g/mol. The molecular weight excluding hydrogens is 251 g/mol. The van der Waals surface area contributed by atoms with Gasteiger partial charge in [-0.05, 0) is 26.0 Å². The Kier molecular flexibility index (Phi) is 4.74. The lowest BCUT2D eigenvalue weighted by Crippen LogP contribution is -2.37. The van der Waals surface area contributed by atoms with Crippen LogP contribution in [0.1, 0.15) is 24.2 Å². The molecule has 0 atom stereocenters. The molecule has 102 valence electrons. The van der Waals surface area contributed by atoms with Gasteiger partial charge < -0.3 is 4.90 Å². The predicted octanol–water partition coefficient (Wildman–Crippen LogP) is 2.77. The van der Waals surface area contributed by atoms with E-state index in [0.717, 1.165) is 12.1 Å². The third kappa shape index (κ3) is 3.37. The molecule has 0 fully saturated rings. The zero-order valence-corrected chi connectivity index (χ0v) is 10.8. The summed E-state index contributed by atoms with van der Waals surface area (Å²) in [6, 6.07) is 3.05. The SMILES string of the molecule is C=CCN(C(=O)c1ccc([N+](=O)[O-])c(F)c1)C(C)C. The number of benzene rings is 1. The van der Waals surface area contributed by atoms with Crippen LogP contribution in [0.5, 0.6) is 0 Å². The highest BCUT2D eigenvalue weighted by atomic mass is 19.1. The normalized spacial score (nSPS) is 10.3. The number of rotatable bonds is 5. The fourth-order valence-corrected chi connectivity index (χ4v) is 1.62. The van der Waals surface area contributed by atoms with E-state index in [4.69, 9.17) is 0 Å². The zero-order valence-electron chi connectivity index (χ0n) is 10.8. The number of amides is 1. The Morgan fingerprint density at radius 2 is 2.21 bits per heavy atom. The molecule has 5 nitrogen and oxygen atoms in total. The molecular formula is C13H15FN2O3. The van der Waals surface area contributed by atoms with Crippen LogP contribution in [-0.2, 0) is 0 Å². The highest BCUT2D eigenvalue weighted by Crippen LogP contribution is 2.19. The summed E-state index contributed by atoms with van der Waals surface area (Å²) in [5, 5.41) is 10.5. The van der Waals surface area contributed by atoms with E-state index in [1.807, 2.05) is 13.8 Å². The summed E-state index contributed by atoms with van der Waals surface area (Å²) in [6.45, 7) is 7.53. The van der Waals surface area contributed by atoms with Crippen molar-refractivity contribution in [1.82, 2.24) is 4.90 Å². The van der Waals surface area contributed by atoms with Crippen LogP contribution in [-0.4, -0.2) is 28.3 Å². The first-order valence-corrected chi connectivity index (χ1v) is 5.74. The molecule has 0 N–H and O–H groups in total. The largest absolute Gasteiger partial charge is 0.333 e. The maximum absolute atomic E-state index is 13.5. The second kappa shape index (κ2) is 6.08. The van der Waals surface area contributed by atoms with Crippen LogP contribution >= 0.6 is 0 Å². The van der Waals surface area contributed by atoms with Crippen LogP contribution < -0.4 is 0 Å². The van der Waals surface area contributed by atoms with Crippen LogP contribution in [0, 0.1) is 15.9 Å². The molecule has 0 aliphatic carbocycles. The Morgan fingerprint density at radius 1 is 1.58 bits per heavy atom. The minimum absolute atomic E-state index is 0.0799. The molecule has 6 heteroatoms. The lowest BCUT2D eigenvalue weighted by atomic mass is 10.1. The second-order valence-corrected chi connectivity index (χ2v) is 4.26. The quantitative estimate of drug-likeness (QED) is 0.467. The summed E-state index contributed by atoms with van der Waals surface area (Å²) in [7, 11) is 0. The van der Waals surface area contributed by atoms with Gasteiger partial charge in [0.25, 0.3) is 5.91 Å². The predicted molar refractivity (Wildman–Crippen MR) is 69.4 cm³/mol. The van der Waals surface area contributed by atoms with Crippen molar-refractivity contribution in [3.8, 4) is 0 Å². The van der Waals surface area contributed by atoms with Crippen molar-refractivity contribution in [2.75, 3.05) is 6.54 Å². The van der Waals surface area contributed by atoms with Crippen LogP contribution in [0.4, 0.5) is 10.1 Å². The standard InChI is InChI=1S/C13H15FN2O3/c1-4-7-15(9(2)3)13(17)10-5-6-12(16(18)19)11(14)8-10/h4-6,8-9H,1,7H2,2-3H3. The minimum Gasteiger partial charge on any atom is -0.333 e. The smallest absolute Gasteiger partial charge is 0.304 e. The number of halogens is 1. The molecule has 1 amide bonds. The van der Waals surface area contributed by atoms with E-state index in [1.54, 1.807) is 6.08 Å². The summed E-state index contributed by atoms with van der Waals surface area (Å²) >= 11 is 0. The first-order valence-electron chi connectivity index (χ1n) is 5.74. The van der Waals surface area contributed by atoms with Crippen molar-refractivity contribution in [2.45, 2.75) is 19.9 Å². The molecule has 0 aromatic heterocycles. The summed E-state index contributed by atoms with van der Waals surface area (Å²) in [5.74, 6) is -1.40. The lowest BCUT2D eigenvalue weighted by Gasteiger charge is -2.25. The summed E-state index contributed by atoms with van der Waals surface area (Å²) in [4.78, 5) is 23.3. The number of nitro groups is 1. The van der Waals surface area contributed by atoms with Crippen molar-refractivity contribution < 1.29 is 14.1 Å². The van der Waals surface area contributed by atoms with Crippen molar-refractivity contribution in [2.24, 2.45) is 0 Å². The average Bonchev–Trinajstić information content (AvgIpc) is 2.34. The van der Waals surface area contributed by atoms with Gasteiger partial charge in [0.2, 0.25) is 5.82 Å². The number of hydrogen-bond acceptors (Lipinski definition) is 3. The Balaban J connectivity index is 3.09. The molecule has 1 aromatic carbocycles. The van der Waals surface area contributed by atoms with Gasteiger partial charge in [0.05, 0.1) is 4.92 Å². The van der Waals surface area contributed by atoms with Gasteiger partial charge in [0.15, 0.2) is 0 Å². The van der Waals surface area contributed by atoms with Crippen molar-refractivity contribution in [3.05, 3.63) is 52.3 Å². The number of hydrogen-bond donors (Lipinski definition) is 0. The average molecular weight is 266 g/mol. The van der Waals surface area contributed by atoms with Crippen LogP contribution in [0.2, 0.25) is 0 Å². The topological polar surface area (TPSA) is 63.5 Å². The summed E-state index contributed by atoms with van der Waals surface area (Å²) < 4.78 is 13.5. The first kappa shape index (κ1) is 14.8. The van der Waals surface area contributed by atoms with Gasteiger partial charge in [0, 0.05) is 24.2 Å². The summed E-state index contributed by atoms with van der Waals surface area (Å²) in [5.41, 5.74) is -0.560. The van der Waals surface area contributed by atoms with E-state index in [-0.39, 0.29) is 17.5 Å².